The minimum absolute atomic E-state index is 0.0500. The third-order valence-corrected chi connectivity index (χ3v) is 3.29. The lowest BCUT2D eigenvalue weighted by molar-refractivity contribution is -0.139. The zero-order chi connectivity index (χ0) is 16.2. The number of halogens is 3. The molecule has 1 N–H and O–H groups in total. The van der Waals surface area contributed by atoms with E-state index in [9.17, 15) is 18.0 Å². The quantitative estimate of drug-likeness (QED) is 0.908. The molecule has 1 saturated heterocycles. The summed E-state index contributed by atoms with van der Waals surface area (Å²) in [7, 11) is 0. The highest BCUT2D eigenvalue weighted by Gasteiger charge is 2.34. The predicted molar refractivity (Wildman–Crippen MR) is 73.5 cm³/mol. The summed E-state index contributed by atoms with van der Waals surface area (Å²) in [5.41, 5.74) is -0.826. The van der Waals surface area contributed by atoms with Crippen LogP contribution in [0.15, 0.2) is 24.3 Å². The Morgan fingerprint density at radius 3 is 2.82 bits per heavy atom. The fraction of sp³-hybridized carbons (Fsp3) is 0.533. The molecular formula is C15H18F3NO3. The number of ether oxygens (including phenoxy) is 2. The fourth-order valence-electron chi connectivity index (χ4n) is 2.20. The maximum atomic E-state index is 12.8. The zero-order valence-corrected chi connectivity index (χ0v) is 12.2. The number of carbonyl (C=O) groups excluding carboxylic acids is 1. The first kappa shape index (κ1) is 16.6. The highest BCUT2D eigenvalue weighted by molar-refractivity contribution is 5.81. The van der Waals surface area contributed by atoms with Crippen LogP contribution in [0, 0.1) is 0 Å². The Morgan fingerprint density at radius 2 is 2.18 bits per heavy atom. The van der Waals surface area contributed by atoms with Crippen LogP contribution in [0.4, 0.5) is 13.2 Å². The molecule has 1 aliphatic rings. The molecular weight excluding hydrogens is 299 g/mol. The van der Waals surface area contributed by atoms with Crippen LogP contribution in [0.3, 0.4) is 0 Å². The molecule has 0 saturated carbocycles. The molecule has 4 nitrogen and oxygen atoms in total. The number of rotatable bonds is 5. The van der Waals surface area contributed by atoms with Gasteiger partial charge in [0, 0.05) is 6.61 Å². The van der Waals surface area contributed by atoms with E-state index in [0.717, 1.165) is 12.5 Å². The van der Waals surface area contributed by atoms with Crippen molar-refractivity contribution in [1.82, 2.24) is 5.32 Å². The molecule has 0 aliphatic carbocycles. The molecule has 122 valence electrons. The maximum Gasteiger partial charge on any atom is 0.419 e. The smallest absolute Gasteiger partial charge is 0.419 e. The van der Waals surface area contributed by atoms with Gasteiger partial charge in [0.25, 0.3) is 0 Å². The van der Waals surface area contributed by atoms with Gasteiger partial charge in [0.2, 0.25) is 5.91 Å². The lowest BCUT2D eigenvalue weighted by Gasteiger charge is -2.19. The standard InChI is InChI=1S/C15H18F3NO3/c1-10(19-14(20)13-7-4-8-21-13)9-22-12-6-3-2-5-11(12)15(16,17)18/h2-3,5-6,10,13H,4,7-9H2,1H3,(H,19,20)/t10-,13+/m1/s1. The van der Waals surface area contributed by atoms with Gasteiger partial charge in [-0.1, -0.05) is 12.1 Å². The Kier molecular flexibility index (Phi) is 5.28. The molecule has 0 radical (unpaired) electrons. The fourth-order valence-corrected chi connectivity index (χ4v) is 2.20. The molecule has 1 heterocycles. The summed E-state index contributed by atoms with van der Waals surface area (Å²) in [5.74, 6) is -0.495. The summed E-state index contributed by atoms with van der Waals surface area (Å²) in [5, 5.41) is 2.68. The summed E-state index contributed by atoms with van der Waals surface area (Å²) in [6.45, 7) is 2.18. The molecule has 22 heavy (non-hydrogen) atoms. The first-order valence-corrected chi connectivity index (χ1v) is 7.09. The number of hydrogen-bond acceptors (Lipinski definition) is 3. The molecule has 0 spiro atoms. The van der Waals surface area contributed by atoms with Gasteiger partial charge >= 0.3 is 6.18 Å². The average Bonchev–Trinajstić information content (AvgIpc) is 2.98. The van der Waals surface area contributed by atoms with Crippen LogP contribution in [0.2, 0.25) is 0 Å². The van der Waals surface area contributed by atoms with Crippen molar-refractivity contribution in [3.8, 4) is 5.75 Å². The number of alkyl halides is 3. The third kappa shape index (κ3) is 4.37. The van der Waals surface area contributed by atoms with Gasteiger partial charge < -0.3 is 14.8 Å². The van der Waals surface area contributed by atoms with Crippen LogP contribution in [0.25, 0.3) is 0 Å². The highest BCUT2D eigenvalue weighted by Crippen LogP contribution is 2.35. The van der Waals surface area contributed by atoms with Crippen molar-refractivity contribution < 1.29 is 27.4 Å². The van der Waals surface area contributed by atoms with E-state index in [1.54, 1.807) is 6.92 Å². The van der Waals surface area contributed by atoms with Crippen LogP contribution >= 0.6 is 0 Å². The second-order valence-electron chi connectivity index (χ2n) is 5.22. The van der Waals surface area contributed by atoms with Crippen molar-refractivity contribution in [2.45, 2.75) is 38.1 Å². The third-order valence-electron chi connectivity index (χ3n) is 3.29. The Balaban J connectivity index is 1.88. The van der Waals surface area contributed by atoms with Gasteiger partial charge in [-0.3, -0.25) is 4.79 Å². The van der Waals surface area contributed by atoms with Crippen molar-refractivity contribution in [1.29, 1.82) is 0 Å². The van der Waals surface area contributed by atoms with Crippen LogP contribution < -0.4 is 10.1 Å². The van der Waals surface area contributed by atoms with E-state index >= 15 is 0 Å². The molecule has 0 unspecified atom stereocenters. The van der Waals surface area contributed by atoms with Gasteiger partial charge in [-0.15, -0.1) is 0 Å². The molecule has 1 aliphatic heterocycles. The molecule has 0 aromatic heterocycles. The second-order valence-corrected chi connectivity index (χ2v) is 5.22. The first-order chi connectivity index (χ1) is 10.4. The summed E-state index contributed by atoms with van der Waals surface area (Å²) >= 11 is 0. The maximum absolute atomic E-state index is 12.8. The van der Waals surface area contributed by atoms with Gasteiger partial charge in [-0.05, 0) is 31.9 Å². The summed E-state index contributed by atoms with van der Waals surface area (Å²) in [6, 6.07) is 4.58. The summed E-state index contributed by atoms with van der Waals surface area (Å²) < 4.78 is 48.9. The van der Waals surface area contributed by atoms with E-state index in [0.29, 0.717) is 13.0 Å². The molecule has 2 rings (SSSR count). The predicted octanol–water partition coefficient (Wildman–Crippen LogP) is 2.77. The van der Waals surface area contributed by atoms with Crippen molar-refractivity contribution in [2.24, 2.45) is 0 Å². The number of para-hydroxylation sites is 1. The van der Waals surface area contributed by atoms with Crippen LogP contribution in [-0.4, -0.2) is 31.3 Å². The van der Waals surface area contributed by atoms with Crippen LogP contribution in [-0.2, 0) is 15.7 Å². The zero-order valence-electron chi connectivity index (χ0n) is 12.2. The average molecular weight is 317 g/mol. The SMILES string of the molecule is C[C@H](COc1ccccc1C(F)(F)F)NC(=O)[C@@H]1CCCO1. The van der Waals surface area contributed by atoms with Gasteiger partial charge in [0.1, 0.15) is 18.5 Å². The Morgan fingerprint density at radius 1 is 1.45 bits per heavy atom. The lowest BCUT2D eigenvalue weighted by atomic mass is 10.2. The summed E-state index contributed by atoms with van der Waals surface area (Å²) in [4.78, 5) is 11.8. The van der Waals surface area contributed by atoms with Crippen molar-refractivity contribution in [3.05, 3.63) is 29.8 Å². The van der Waals surface area contributed by atoms with Crippen molar-refractivity contribution in [2.75, 3.05) is 13.2 Å². The first-order valence-electron chi connectivity index (χ1n) is 7.09. The van der Waals surface area contributed by atoms with Crippen molar-refractivity contribution >= 4 is 5.91 Å². The topological polar surface area (TPSA) is 47.6 Å². The number of amides is 1. The minimum Gasteiger partial charge on any atom is -0.491 e. The number of benzene rings is 1. The van der Waals surface area contributed by atoms with E-state index in [1.165, 1.54) is 18.2 Å². The Bertz CT molecular complexity index is 513. The molecule has 7 heteroatoms. The molecule has 1 fully saturated rings. The van der Waals surface area contributed by atoms with Gasteiger partial charge in [0.05, 0.1) is 11.6 Å². The van der Waals surface area contributed by atoms with E-state index in [2.05, 4.69) is 5.32 Å². The number of carbonyl (C=O) groups is 1. The lowest BCUT2D eigenvalue weighted by Crippen LogP contribution is -2.42. The Hall–Kier alpha value is -1.76. The minimum atomic E-state index is -4.47. The van der Waals surface area contributed by atoms with E-state index < -0.39 is 23.9 Å². The summed E-state index contributed by atoms with van der Waals surface area (Å²) in [6.07, 6.45) is -3.44. The van der Waals surface area contributed by atoms with E-state index in [4.69, 9.17) is 9.47 Å². The van der Waals surface area contributed by atoms with Gasteiger partial charge in [0.15, 0.2) is 0 Å². The van der Waals surface area contributed by atoms with Gasteiger partial charge in [-0.2, -0.15) is 13.2 Å². The molecule has 1 aromatic rings. The van der Waals surface area contributed by atoms with E-state index in [-0.39, 0.29) is 18.3 Å². The van der Waals surface area contributed by atoms with Gasteiger partial charge in [-0.25, -0.2) is 0 Å². The normalized spacial score (nSPS) is 19.7. The molecule has 1 amide bonds. The van der Waals surface area contributed by atoms with Crippen LogP contribution in [0.5, 0.6) is 5.75 Å². The van der Waals surface area contributed by atoms with Crippen LogP contribution in [0.1, 0.15) is 25.3 Å². The molecule has 2 atom stereocenters. The molecule has 0 bridgehead atoms. The monoisotopic (exact) mass is 317 g/mol. The van der Waals surface area contributed by atoms with Crippen molar-refractivity contribution in [3.63, 3.8) is 0 Å². The number of hydrogen-bond donors (Lipinski definition) is 1. The molecule has 1 aromatic carbocycles. The number of nitrogens with one attached hydrogen (secondary N) is 1. The largest absolute Gasteiger partial charge is 0.491 e. The highest BCUT2D eigenvalue weighted by atomic mass is 19.4. The second kappa shape index (κ2) is 7.00. The van der Waals surface area contributed by atoms with E-state index in [1.807, 2.05) is 0 Å². The Labute approximate surface area is 126 Å².